The minimum absolute atomic E-state index is 0.0338. The lowest BCUT2D eigenvalue weighted by Crippen LogP contribution is -2.31. The van der Waals surface area contributed by atoms with Crippen LogP contribution in [0.3, 0.4) is 0 Å². The van der Waals surface area contributed by atoms with Gasteiger partial charge in [-0.3, -0.25) is 4.79 Å². The van der Waals surface area contributed by atoms with E-state index in [9.17, 15) is 13.6 Å². The quantitative estimate of drug-likeness (QED) is 0.593. The largest absolute Gasteiger partial charge is 0.336 e. The smallest absolute Gasteiger partial charge is 0.233 e. The first-order chi connectivity index (χ1) is 12.0. The van der Waals surface area contributed by atoms with Crippen molar-refractivity contribution in [2.45, 2.75) is 17.9 Å². The molecule has 0 saturated carbocycles. The number of fused-ring (bicyclic) bond motifs is 1. The molecule has 1 aromatic heterocycles. The monoisotopic (exact) mass is 378 g/mol. The first-order valence-electron chi connectivity index (χ1n) is 7.64. The molecule has 3 rings (SSSR count). The second-order valence-corrected chi connectivity index (χ2v) is 7.64. The first kappa shape index (κ1) is 17.8. The Kier molecular flexibility index (Phi) is 5.34. The molecule has 7 heteroatoms. The maximum absolute atomic E-state index is 13.6. The van der Waals surface area contributed by atoms with E-state index in [2.05, 4.69) is 4.98 Å². The van der Waals surface area contributed by atoms with Crippen LogP contribution in [-0.2, 0) is 4.79 Å². The molecule has 2 aromatic carbocycles. The molecular formula is C18H16F2N2OS2. The molecule has 0 aliphatic rings. The van der Waals surface area contributed by atoms with Gasteiger partial charge in [-0.1, -0.05) is 12.1 Å². The number of halogens is 2. The van der Waals surface area contributed by atoms with E-state index in [0.29, 0.717) is 0 Å². The molecule has 130 valence electrons. The number of hydrogen-bond donors (Lipinski definition) is 0. The Morgan fingerprint density at radius 2 is 2.04 bits per heavy atom. The molecular weight excluding hydrogens is 362 g/mol. The molecule has 0 aliphatic carbocycles. The molecule has 0 spiro atoms. The highest BCUT2D eigenvalue weighted by Gasteiger charge is 2.21. The third-order valence-electron chi connectivity index (χ3n) is 3.89. The summed E-state index contributed by atoms with van der Waals surface area (Å²) in [4.78, 5) is 18.7. The summed E-state index contributed by atoms with van der Waals surface area (Å²) in [5.41, 5.74) is 0.909. The van der Waals surface area contributed by atoms with Gasteiger partial charge in [-0.05, 0) is 37.3 Å². The summed E-state index contributed by atoms with van der Waals surface area (Å²) in [5, 5.41) is 0.846. The average molecular weight is 378 g/mol. The number of amides is 1. The van der Waals surface area contributed by atoms with Gasteiger partial charge in [-0.2, -0.15) is 0 Å². The second-order valence-electron chi connectivity index (χ2n) is 5.56. The Labute approximate surface area is 152 Å². The summed E-state index contributed by atoms with van der Waals surface area (Å²) in [6.07, 6.45) is 0. The summed E-state index contributed by atoms with van der Waals surface area (Å²) in [5.74, 6) is -1.18. The molecule has 0 fully saturated rings. The number of hydrogen-bond acceptors (Lipinski definition) is 4. The molecule has 1 atom stereocenters. The molecule has 0 unspecified atom stereocenters. The Morgan fingerprint density at radius 1 is 1.28 bits per heavy atom. The Hall–Kier alpha value is -1.99. The molecule has 25 heavy (non-hydrogen) atoms. The molecule has 0 bridgehead atoms. The number of carbonyl (C=O) groups excluding carboxylic acids is 1. The van der Waals surface area contributed by atoms with Crippen molar-refractivity contribution in [1.29, 1.82) is 0 Å². The van der Waals surface area contributed by atoms with Crippen molar-refractivity contribution < 1.29 is 13.6 Å². The predicted octanol–water partition coefficient (Wildman–Crippen LogP) is 4.89. The molecule has 3 aromatic rings. The third kappa shape index (κ3) is 3.99. The van der Waals surface area contributed by atoms with Gasteiger partial charge in [0.2, 0.25) is 5.91 Å². The number of aromatic nitrogens is 1. The zero-order chi connectivity index (χ0) is 18.0. The predicted molar refractivity (Wildman–Crippen MR) is 97.9 cm³/mol. The molecule has 0 radical (unpaired) electrons. The standard InChI is InChI=1S/C18H16F2N2OS2/c1-11(18-21-14-5-3-4-6-15(14)25-18)22(2)17(23)10-24-16-9-12(19)7-8-13(16)20/h3-9,11H,10H2,1-2H3/t11-/m1/s1. The van der Waals surface area contributed by atoms with Crippen LogP contribution in [0.25, 0.3) is 10.2 Å². The lowest BCUT2D eigenvalue weighted by atomic mass is 10.3. The number of para-hydroxylation sites is 1. The Bertz CT molecular complexity index is 880. The number of carbonyl (C=O) groups is 1. The maximum Gasteiger partial charge on any atom is 0.233 e. The van der Waals surface area contributed by atoms with E-state index in [0.717, 1.165) is 45.2 Å². The summed E-state index contributed by atoms with van der Waals surface area (Å²) in [7, 11) is 1.70. The number of thiazole rings is 1. The zero-order valence-electron chi connectivity index (χ0n) is 13.7. The van der Waals surface area contributed by atoms with Crippen LogP contribution in [0.5, 0.6) is 0 Å². The van der Waals surface area contributed by atoms with Crippen molar-refractivity contribution in [3.63, 3.8) is 0 Å². The van der Waals surface area contributed by atoms with Gasteiger partial charge < -0.3 is 4.90 Å². The van der Waals surface area contributed by atoms with Gasteiger partial charge >= 0.3 is 0 Å². The highest BCUT2D eigenvalue weighted by atomic mass is 32.2. The summed E-state index contributed by atoms with van der Waals surface area (Å²) in [6.45, 7) is 1.91. The third-order valence-corrected chi connectivity index (χ3v) is 6.11. The average Bonchev–Trinajstić information content (AvgIpc) is 3.05. The maximum atomic E-state index is 13.6. The van der Waals surface area contributed by atoms with Crippen LogP contribution in [0.15, 0.2) is 47.4 Å². The van der Waals surface area contributed by atoms with E-state index in [1.807, 2.05) is 31.2 Å². The van der Waals surface area contributed by atoms with Gasteiger partial charge in [0.25, 0.3) is 0 Å². The summed E-state index contributed by atoms with van der Waals surface area (Å²) < 4.78 is 27.9. The number of benzene rings is 2. The Balaban J connectivity index is 1.67. The molecule has 0 aliphatic heterocycles. The first-order valence-corrected chi connectivity index (χ1v) is 9.45. The van der Waals surface area contributed by atoms with Crippen LogP contribution in [0.4, 0.5) is 8.78 Å². The van der Waals surface area contributed by atoms with Crippen LogP contribution in [0, 0.1) is 11.6 Å². The number of thioether (sulfide) groups is 1. The van der Waals surface area contributed by atoms with Gasteiger partial charge in [0.05, 0.1) is 22.0 Å². The summed E-state index contributed by atoms with van der Waals surface area (Å²) in [6, 6.07) is 10.8. The van der Waals surface area contributed by atoms with Crippen molar-refractivity contribution in [2.75, 3.05) is 12.8 Å². The highest BCUT2D eigenvalue weighted by Crippen LogP contribution is 2.30. The van der Waals surface area contributed by atoms with E-state index in [1.54, 1.807) is 23.3 Å². The molecule has 0 N–H and O–H groups in total. The number of nitrogens with zero attached hydrogens (tertiary/aromatic N) is 2. The van der Waals surface area contributed by atoms with Crippen molar-refractivity contribution >= 4 is 39.2 Å². The number of rotatable bonds is 5. The fourth-order valence-electron chi connectivity index (χ4n) is 2.28. The molecule has 3 nitrogen and oxygen atoms in total. The SMILES string of the molecule is C[C@H](c1nc2ccccc2s1)N(C)C(=O)CSc1cc(F)ccc1F. The van der Waals surface area contributed by atoms with Gasteiger partial charge in [-0.15, -0.1) is 23.1 Å². The van der Waals surface area contributed by atoms with Gasteiger partial charge in [0.15, 0.2) is 0 Å². The molecule has 1 amide bonds. The van der Waals surface area contributed by atoms with E-state index in [1.165, 1.54) is 0 Å². The lowest BCUT2D eigenvalue weighted by Gasteiger charge is -2.23. The lowest BCUT2D eigenvalue weighted by molar-refractivity contribution is -0.128. The van der Waals surface area contributed by atoms with Crippen LogP contribution in [0.2, 0.25) is 0 Å². The van der Waals surface area contributed by atoms with Crippen molar-refractivity contribution in [1.82, 2.24) is 9.88 Å². The fraction of sp³-hybridized carbons (Fsp3) is 0.222. The van der Waals surface area contributed by atoms with E-state index < -0.39 is 11.6 Å². The van der Waals surface area contributed by atoms with Crippen LogP contribution in [-0.4, -0.2) is 28.6 Å². The van der Waals surface area contributed by atoms with Crippen LogP contribution < -0.4 is 0 Å². The Morgan fingerprint density at radius 3 is 2.80 bits per heavy atom. The second kappa shape index (κ2) is 7.49. The van der Waals surface area contributed by atoms with E-state index in [4.69, 9.17) is 0 Å². The minimum Gasteiger partial charge on any atom is -0.336 e. The van der Waals surface area contributed by atoms with Crippen molar-refractivity contribution in [2.24, 2.45) is 0 Å². The fourth-order valence-corrected chi connectivity index (χ4v) is 4.23. The normalized spacial score (nSPS) is 12.3. The van der Waals surface area contributed by atoms with Crippen LogP contribution in [0.1, 0.15) is 18.0 Å². The van der Waals surface area contributed by atoms with Gasteiger partial charge in [0.1, 0.15) is 16.6 Å². The van der Waals surface area contributed by atoms with E-state index >= 15 is 0 Å². The van der Waals surface area contributed by atoms with Gasteiger partial charge in [0, 0.05) is 11.9 Å². The van der Waals surface area contributed by atoms with Crippen molar-refractivity contribution in [3.8, 4) is 0 Å². The molecule has 0 saturated heterocycles. The minimum atomic E-state index is -0.527. The topological polar surface area (TPSA) is 33.2 Å². The zero-order valence-corrected chi connectivity index (χ0v) is 15.3. The van der Waals surface area contributed by atoms with E-state index in [-0.39, 0.29) is 22.6 Å². The summed E-state index contributed by atoms with van der Waals surface area (Å²) >= 11 is 2.54. The highest BCUT2D eigenvalue weighted by molar-refractivity contribution is 8.00. The van der Waals surface area contributed by atoms with Crippen LogP contribution >= 0.6 is 23.1 Å². The van der Waals surface area contributed by atoms with Gasteiger partial charge in [-0.25, -0.2) is 13.8 Å². The molecule has 1 heterocycles. The van der Waals surface area contributed by atoms with Crippen molar-refractivity contribution in [3.05, 3.63) is 59.1 Å².